The number of carboxylic acids is 1. The molecule has 0 saturated carbocycles. The zero-order valence-electron chi connectivity index (χ0n) is 10.4. The van der Waals surface area contributed by atoms with E-state index >= 15 is 0 Å². The molecule has 6 heteroatoms. The van der Waals surface area contributed by atoms with Crippen molar-refractivity contribution in [3.8, 4) is 0 Å². The number of primary amides is 1. The second kappa shape index (κ2) is 6.00. The van der Waals surface area contributed by atoms with Crippen LogP contribution in [0.25, 0.3) is 0 Å². The maximum Gasteiger partial charge on any atom is 0.326 e. The Hall–Kier alpha value is -2.11. The van der Waals surface area contributed by atoms with Crippen molar-refractivity contribution in [1.82, 2.24) is 4.98 Å². The molecule has 0 spiro atoms. The van der Waals surface area contributed by atoms with E-state index in [1.54, 1.807) is 0 Å². The molecule has 98 valence electrons. The van der Waals surface area contributed by atoms with Crippen molar-refractivity contribution in [2.75, 3.05) is 5.32 Å². The van der Waals surface area contributed by atoms with E-state index in [1.165, 1.54) is 18.3 Å². The summed E-state index contributed by atoms with van der Waals surface area (Å²) in [5, 5.41) is 11.9. The third-order valence-corrected chi connectivity index (χ3v) is 2.38. The van der Waals surface area contributed by atoms with Crippen LogP contribution in [-0.4, -0.2) is 28.0 Å². The summed E-state index contributed by atoms with van der Waals surface area (Å²) in [7, 11) is 0. The van der Waals surface area contributed by atoms with Gasteiger partial charge in [-0.3, -0.25) is 4.79 Å². The smallest absolute Gasteiger partial charge is 0.326 e. The van der Waals surface area contributed by atoms with Gasteiger partial charge in [0.15, 0.2) is 0 Å². The maximum atomic E-state index is 11.1. The number of pyridine rings is 1. The average Bonchev–Trinajstić information content (AvgIpc) is 2.28. The topological polar surface area (TPSA) is 105 Å². The summed E-state index contributed by atoms with van der Waals surface area (Å²) in [5.74, 6) is -0.827. The van der Waals surface area contributed by atoms with Crippen molar-refractivity contribution in [1.29, 1.82) is 0 Å². The van der Waals surface area contributed by atoms with E-state index in [9.17, 15) is 9.59 Å². The van der Waals surface area contributed by atoms with Crippen molar-refractivity contribution in [2.45, 2.75) is 26.3 Å². The highest BCUT2D eigenvalue weighted by Crippen LogP contribution is 2.12. The van der Waals surface area contributed by atoms with Crippen molar-refractivity contribution in [3.63, 3.8) is 0 Å². The largest absolute Gasteiger partial charge is 0.480 e. The zero-order valence-corrected chi connectivity index (χ0v) is 10.4. The SMILES string of the molecule is CC(C)CC(Nc1ccc(C(N)=O)cn1)C(=O)O. The molecule has 1 unspecified atom stereocenters. The molecule has 0 aliphatic carbocycles. The van der Waals surface area contributed by atoms with Gasteiger partial charge in [-0.25, -0.2) is 9.78 Å². The first-order valence-electron chi connectivity index (χ1n) is 5.65. The number of carbonyl (C=O) groups excluding carboxylic acids is 1. The molecule has 1 atom stereocenters. The lowest BCUT2D eigenvalue weighted by Gasteiger charge is -2.16. The molecule has 4 N–H and O–H groups in total. The fourth-order valence-electron chi connectivity index (χ4n) is 1.50. The van der Waals surface area contributed by atoms with Crippen LogP contribution in [0.1, 0.15) is 30.6 Å². The monoisotopic (exact) mass is 251 g/mol. The molecule has 0 aliphatic rings. The molecule has 18 heavy (non-hydrogen) atoms. The molecule has 1 aromatic rings. The number of carboxylic acid groups (broad SMARTS) is 1. The van der Waals surface area contributed by atoms with Crippen molar-refractivity contribution >= 4 is 17.7 Å². The molecular formula is C12H17N3O3. The van der Waals surface area contributed by atoms with E-state index in [-0.39, 0.29) is 11.5 Å². The molecule has 0 aliphatic heterocycles. The second-order valence-corrected chi connectivity index (χ2v) is 4.46. The van der Waals surface area contributed by atoms with Crippen LogP contribution in [0, 0.1) is 5.92 Å². The third-order valence-electron chi connectivity index (χ3n) is 2.38. The number of amides is 1. The first-order valence-corrected chi connectivity index (χ1v) is 5.65. The van der Waals surface area contributed by atoms with Gasteiger partial charge in [0, 0.05) is 6.20 Å². The fourth-order valence-corrected chi connectivity index (χ4v) is 1.50. The molecule has 0 saturated heterocycles. The van der Waals surface area contributed by atoms with Crippen LogP contribution in [0.2, 0.25) is 0 Å². The number of rotatable bonds is 6. The number of nitrogens with two attached hydrogens (primary N) is 1. The van der Waals surface area contributed by atoms with E-state index in [0.29, 0.717) is 12.2 Å². The number of hydrogen-bond acceptors (Lipinski definition) is 4. The highest BCUT2D eigenvalue weighted by Gasteiger charge is 2.18. The van der Waals surface area contributed by atoms with Crippen LogP contribution in [0.4, 0.5) is 5.82 Å². The van der Waals surface area contributed by atoms with Gasteiger partial charge in [0.2, 0.25) is 5.91 Å². The third kappa shape index (κ3) is 4.04. The Kier molecular flexibility index (Phi) is 4.65. The highest BCUT2D eigenvalue weighted by molar-refractivity contribution is 5.92. The quantitative estimate of drug-likeness (QED) is 0.701. The highest BCUT2D eigenvalue weighted by atomic mass is 16.4. The number of carbonyl (C=O) groups is 2. The summed E-state index contributed by atoms with van der Waals surface area (Å²) in [6, 6.07) is 2.35. The van der Waals surface area contributed by atoms with Crippen molar-refractivity contribution in [2.24, 2.45) is 11.7 Å². The Morgan fingerprint density at radius 1 is 1.44 bits per heavy atom. The number of hydrogen-bond donors (Lipinski definition) is 3. The number of nitrogens with one attached hydrogen (secondary N) is 1. The maximum absolute atomic E-state index is 11.1. The van der Waals surface area contributed by atoms with Gasteiger partial charge in [-0.1, -0.05) is 13.8 Å². The van der Waals surface area contributed by atoms with E-state index in [4.69, 9.17) is 10.8 Å². The van der Waals surface area contributed by atoms with Crippen molar-refractivity contribution < 1.29 is 14.7 Å². The minimum atomic E-state index is -0.926. The molecule has 1 amide bonds. The van der Waals surface area contributed by atoms with Gasteiger partial charge in [0.05, 0.1) is 5.56 Å². The van der Waals surface area contributed by atoms with Crippen molar-refractivity contribution in [3.05, 3.63) is 23.9 Å². The van der Waals surface area contributed by atoms with Crippen LogP contribution in [0.5, 0.6) is 0 Å². The zero-order chi connectivity index (χ0) is 13.7. The van der Waals surface area contributed by atoms with E-state index in [1.807, 2.05) is 13.8 Å². The Labute approximate surface area is 105 Å². The first-order chi connectivity index (χ1) is 8.40. The normalized spacial score (nSPS) is 12.2. The minimum absolute atomic E-state index is 0.253. The average molecular weight is 251 g/mol. The first kappa shape index (κ1) is 14.0. The molecule has 0 bridgehead atoms. The fraction of sp³-hybridized carbons (Fsp3) is 0.417. The summed E-state index contributed by atoms with van der Waals surface area (Å²) in [6.45, 7) is 3.89. The number of nitrogens with zero attached hydrogens (tertiary/aromatic N) is 1. The second-order valence-electron chi connectivity index (χ2n) is 4.46. The predicted molar refractivity (Wildman–Crippen MR) is 67.3 cm³/mol. The lowest BCUT2D eigenvalue weighted by Crippen LogP contribution is -2.31. The summed E-state index contributed by atoms with van der Waals surface area (Å²) < 4.78 is 0. The minimum Gasteiger partial charge on any atom is -0.480 e. The molecular weight excluding hydrogens is 234 g/mol. The lowest BCUT2D eigenvalue weighted by atomic mass is 10.0. The van der Waals surface area contributed by atoms with Gasteiger partial charge >= 0.3 is 5.97 Å². The van der Waals surface area contributed by atoms with Gasteiger partial charge < -0.3 is 16.2 Å². The number of anilines is 1. The van der Waals surface area contributed by atoms with Crippen LogP contribution >= 0.6 is 0 Å². The lowest BCUT2D eigenvalue weighted by molar-refractivity contribution is -0.138. The molecule has 0 fully saturated rings. The summed E-state index contributed by atoms with van der Waals surface area (Å²) in [5.41, 5.74) is 5.37. The van der Waals surface area contributed by atoms with Gasteiger partial charge in [-0.2, -0.15) is 0 Å². The van der Waals surface area contributed by atoms with Crippen LogP contribution in [0.15, 0.2) is 18.3 Å². The molecule has 1 heterocycles. The van der Waals surface area contributed by atoms with Crippen LogP contribution < -0.4 is 11.1 Å². The van der Waals surface area contributed by atoms with Gasteiger partial charge in [-0.05, 0) is 24.5 Å². The predicted octanol–water partition coefficient (Wildman–Crippen LogP) is 1.09. The molecule has 1 aromatic heterocycles. The van der Waals surface area contributed by atoms with Crippen LogP contribution in [0.3, 0.4) is 0 Å². The number of aromatic nitrogens is 1. The summed E-state index contributed by atoms with van der Waals surface area (Å²) >= 11 is 0. The van der Waals surface area contributed by atoms with Gasteiger partial charge in [0.25, 0.3) is 0 Å². The standard InChI is InChI=1S/C12H17N3O3/c1-7(2)5-9(12(17)18)15-10-4-3-8(6-14-10)11(13)16/h3-4,6-7,9H,5H2,1-2H3,(H2,13,16)(H,14,15)(H,17,18). The van der Waals surface area contributed by atoms with Gasteiger partial charge in [-0.15, -0.1) is 0 Å². The Bertz CT molecular complexity index is 429. The molecule has 0 aromatic carbocycles. The summed E-state index contributed by atoms with van der Waals surface area (Å²) in [4.78, 5) is 25.9. The Balaban J connectivity index is 2.75. The van der Waals surface area contributed by atoms with Crippen LogP contribution in [-0.2, 0) is 4.79 Å². The van der Waals surface area contributed by atoms with E-state index in [2.05, 4.69) is 10.3 Å². The van der Waals surface area contributed by atoms with Gasteiger partial charge in [0.1, 0.15) is 11.9 Å². The molecule has 0 radical (unpaired) electrons. The Morgan fingerprint density at radius 3 is 2.50 bits per heavy atom. The summed E-state index contributed by atoms with van der Waals surface area (Å²) in [6.07, 6.45) is 1.81. The molecule has 6 nitrogen and oxygen atoms in total. The van der Waals surface area contributed by atoms with E-state index in [0.717, 1.165) is 0 Å². The Morgan fingerprint density at radius 2 is 2.11 bits per heavy atom. The molecule has 1 rings (SSSR count). The van der Waals surface area contributed by atoms with E-state index < -0.39 is 17.9 Å². The number of aliphatic carboxylic acids is 1.